The van der Waals surface area contributed by atoms with E-state index >= 15 is 0 Å². The number of carbonyl (C=O) groups is 2. The molecule has 0 aliphatic rings. The first-order valence-corrected chi connectivity index (χ1v) is 7.86. The van der Waals surface area contributed by atoms with Crippen molar-refractivity contribution in [2.75, 3.05) is 23.7 Å². The molecule has 2 rings (SSSR count). The lowest BCUT2D eigenvalue weighted by Crippen LogP contribution is -2.33. The molecule has 6 nitrogen and oxygen atoms in total. The van der Waals surface area contributed by atoms with Crippen LogP contribution in [0.5, 0.6) is 0 Å². The van der Waals surface area contributed by atoms with E-state index in [9.17, 15) is 9.59 Å². The van der Waals surface area contributed by atoms with Gasteiger partial charge in [0.15, 0.2) is 0 Å². The summed E-state index contributed by atoms with van der Waals surface area (Å²) in [4.78, 5) is 29.5. The van der Waals surface area contributed by atoms with Gasteiger partial charge in [-0.15, -0.1) is 0 Å². The van der Waals surface area contributed by atoms with Crippen LogP contribution in [0.4, 0.5) is 11.4 Å². The van der Waals surface area contributed by atoms with Gasteiger partial charge in [0.2, 0.25) is 11.8 Å². The van der Waals surface area contributed by atoms with Gasteiger partial charge < -0.3 is 10.6 Å². The van der Waals surface area contributed by atoms with E-state index in [1.165, 1.54) is 6.92 Å². The lowest BCUT2D eigenvalue weighted by Gasteiger charge is -2.19. The Balaban J connectivity index is 1.88. The third-order valence-electron chi connectivity index (χ3n) is 3.42. The summed E-state index contributed by atoms with van der Waals surface area (Å²) in [6.07, 6.45) is 1.75. The Labute approximate surface area is 141 Å². The van der Waals surface area contributed by atoms with Crippen molar-refractivity contribution in [3.8, 4) is 0 Å². The molecule has 0 radical (unpaired) electrons. The second-order valence-electron chi connectivity index (χ2n) is 5.43. The van der Waals surface area contributed by atoms with Crippen molar-refractivity contribution in [2.24, 2.45) is 0 Å². The van der Waals surface area contributed by atoms with E-state index in [2.05, 4.69) is 15.6 Å². The van der Waals surface area contributed by atoms with Crippen molar-refractivity contribution in [3.05, 3.63) is 54.4 Å². The van der Waals surface area contributed by atoms with Gasteiger partial charge in [0.05, 0.1) is 12.2 Å². The van der Waals surface area contributed by atoms with Gasteiger partial charge in [0.25, 0.3) is 0 Å². The second kappa shape index (κ2) is 8.79. The molecular formula is C18H22N4O2. The minimum Gasteiger partial charge on any atom is -0.326 e. The van der Waals surface area contributed by atoms with Crippen molar-refractivity contribution in [1.29, 1.82) is 0 Å². The summed E-state index contributed by atoms with van der Waals surface area (Å²) in [5.74, 6) is -0.208. The lowest BCUT2D eigenvalue weighted by atomic mass is 10.2. The minimum absolute atomic E-state index is 0.0833. The Morgan fingerprint density at radius 1 is 1.04 bits per heavy atom. The van der Waals surface area contributed by atoms with Crippen LogP contribution in [-0.2, 0) is 16.1 Å². The molecule has 2 aromatic rings. The van der Waals surface area contributed by atoms with Crippen molar-refractivity contribution in [3.63, 3.8) is 0 Å². The summed E-state index contributed by atoms with van der Waals surface area (Å²) in [6, 6.07) is 12.8. The average Bonchev–Trinajstić information content (AvgIpc) is 2.56. The van der Waals surface area contributed by atoms with Crippen LogP contribution in [0, 0.1) is 0 Å². The molecule has 0 aliphatic carbocycles. The summed E-state index contributed by atoms with van der Waals surface area (Å²) < 4.78 is 0. The van der Waals surface area contributed by atoms with E-state index in [0.29, 0.717) is 24.5 Å². The molecule has 0 saturated heterocycles. The average molecular weight is 326 g/mol. The van der Waals surface area contributed by atoms with E-state index in [4.69, 9.17) is 0 Å². The summed E-state index contributed by atoms with van der Waals surface area (Å²) in [7, 11) is 0. The fraction of sp³-hybridized carbons (Fsp3) is 0.278. The van der Waals surface area contributed by atoms with Crippen LogP contribution >= 0.6 is 0 Å². The lowest BCUT2D eigenvalue weighted by molar-refractivity contribution is -0.117. The number of anilines is 2. The molecule has 0 fully saturated rings. The normalized spacial score (nSPS) is 10.5. The van der Waals surface area contributed by atoms with Crippen molar-refractivity contribution in [1.82, 2.24) is 9.88 Å². The Morgan fingerprint density at radius 3 is 2.25 bits per heavy atom. The maximum atomic E-state index is 12.2. The Hall–Kier alpha value is -2.73. The minimum atomic E-state index is -0.125. The van der Waals surface area contributed by atoms with E-state index in [1.54, 1.807) is 30.5 Å². The first-order valence-electron chi connectivity index (χ1n) is 7.86. The molecule has 0 spiro atoms. The Kier molecular flexibility index (Phi) is 6.45. The number of likely N-dealkylation sites (N-methyl/N-ethyl adjacent to an activating group) is 1. The number of hydrogen-bond acceptors (Lipinski definition) is 4. The fourth-order valence-electron chi connectivity index (χ4n) is 2.24. The topological polar surface area (TPSA) is 74.3 Å². The molecule has 0 unspecified atom stereocenters. The zero-order chi connectivity index (χ0) is 17.4. The van der Waals surface area contributed by atoms with E-state index in [0.717, 1.165) is 12.2 Å². The third kappa shape index (κ3) is 5.81. The molecule has 126 valence electrons. The predicted octanol–water partition coefficient (Wildman–Crippen LogP) is 2.50. The monoisotopic (exact) mass is 326 g/mol. The van der Waals surface area contributed by atoms with Gasteiger partial charge in [0.1, 0.15) is 0 Å². The molecule has 24 heavy (non-hydrogen) atoms. The molecular weight excluding hydrogens is 304 g/mol. The molecule has 1 heterocycles. The number of benzene rings is 1. The van der Waals surface area contributed by atoms with Gasteiger partial charge in [-0.25, -0.2) is 0 Å². The summed E-state index contributed by atoms with van der Waals surface area (Å²) in [5, 5.41) is 5.55. The van der Waals surface area contributed by atoms with Crippen LogP contribution in [0.1, 0.15) is 19.5 Å². The second-order valence-corrected chi connectivity index (χ2v) is 5.43. The van der Waals surface area contributed by atoms with Gasteiger partial charge in [0, 0.05) is 31.0 Å². The highest BCUT2D eigenvalue weighted by Crippen LogP contribution is 2.13. The van der Waals surface area contributed by atoms with E-state index in [1.807, 2.05) is 30.0 Å². The van der Waals surface area contributed by atoms with Gasteiger partial charge in [-0.2, -0.15) is 0 Å². The highest BCUT2D eigenvalue weighted by atomic mass is 16.2. The van der Waals surface area contributed by atoms with Crippen molar-refractivity contribution >= 4 is 23.2 Å². The largest absolute Gasteiger partial charge is 0.326 e. The smallest absolute Gasteiger partial charge is 0.238 e. The molecule has 6 heteroatoms. The molecule has 0 aliphatic heterocycles. The Morgan fingerprint density at radius 2 is 1.71 bits per heavy atom. The zero-order valence-electron chi connectivity index (χ0n) is 14.0. The van der Waals surface area contributed by atoms with Crippen LogP contribution in [0.15, 0.2) is 48.7 Å². The highest BCUT2D eigenvalue weighted by molar-refractivity contribution is 5.93. The predicted molar refractivity (Wildman–Crippen MR) is 94.6 cm³/mol. The van der Waals surface area contributed by atoms with Crippen LogP contribution in [0.3, 0.4) is 0 Å². The standard InChI is InChI=1S/C18H22N4O2/c1-3-22(12-17-6-4-5-11-19-17)13-18(24)21-16-9-7-15(8-10-16)20-14(2)23/h4-11H,3,12-13H2,1-2H3,(H,20,23)(H,21,24). The number of aromatic nitrogens is 1. The first-order chi connectivity index (χ1) is 11.6. The maximum absolute atomic E-state index is 12.2. The van der Waals surface area contributed by atoms with Crippen molar-refractivity contribution < 1.29 is 9.59 Å². The van der Waals surface area contributed by atoms with E-state index in [-0.39, 0.29) is 11.8 Å². The number of rotatable bonds is 7. The highest BCUT2D eigenvalue weighted by Gasteiger charge is 2.10. The molecule has 2 N–H and O–H groups in total. The Bertz CT molecular complexity index is 671. The molecule has 1 aromatic heterocycles. The third-order valence-corrected chi connectivity index (χ3v) is 3.42. The molecule has 1 aromatic carbocycles. The molecule has 0 atom stereocenters. The fourth-order valence-corrected chi connectivity index (χ4v) is 2.24. The van der Waals surface area contributed by atoms with Gasteiger partial charge in [-0.05, 0) is 42.9 Å². The maximum Gasteiger partial charge on any atom is 0.238 e. The summed E-state index contributed by atoms with van der Waals surface area (Å²) >= 11 is 0. The van der Waals surface area contributed by atoms with Crippen LogP contribution in [0.2, 0.25) is 0 Å². The van der Waals surface area contributed by atoms with Gasteiger partial charge in [-0.1, -0.05) is 13.0 Å². The molecule has 2 amide bonds. The van der Waals surface area contributed by atoms with Gasteiger partial charge in [-0.3, -0.25) is 19.5 Å². The summed E-state index contributed by atoms with van der Waals surface area (Å²) in [5.41, 5.74) is 2.33. The van der Waals surface area contributed by atoms with Crippen LogP contribution in [-0.4, -0.2) is 34.8 Å². The summed E-state index contributed by atoms with van der Waals surface area (Å²) in [6.45, 7) is 5.15. The number of hydrogen-bond donors (Lipinski definition) is 2. The van der Waals surface area contributed by atoms with E-state index < -0.39 is 0 Å². The number of pyridine rings is 1. The number of amides is 2. The van der Waals surface area contributed by atoms with Crippen LogP contribution in [0.25, 0.3) is 0 Å². The quantitative estimate of drug-likeness (QED) is 0.820. The number of nitrogens with one attached hydrogen (secondary N) is 2. The van der Waals surface area contributed by atoms with Gasteiger partial charge >= 0.3 is 0 Å². The zero-order valence-corrected chi connectivity index (χ0v) is 14.0. The SMILES string of the molecule is CCN(CC(=O)Nc1ccc(NC(C)=O)cc1)Cc1ccccn1. The molecule has 0 bridgehead atoms. The molecule has 0 saturated carbocycles. The first kappa shape index (κ1) is 17.6. The van der Waals surface area contributed by atoms with Crippen molar-refractivity contribution in [2.45, 2.75) is 20.4 Å². The number of carbonyl (C=O) groups excluding carboxylic acids is 2. The number of nitrogens with zero attached hydrogens (tertiary/aromatic N) is 2. The van der Waals surface area contributed by atoms with Crippen LogP contribution < -0.4 is 10.6 Å².